The predicted molar refractivity (Wildman–Crippen MR) is 96.3 cm³/mol. The predicted octanol–water partition coefficient (Wildman–Crippen LogP) is 1.02. The van der Waals surface area contributed by atoms with E-state index in [1.54, 1.807) is 14.2 Å². The average Bonchev–Trinajstić information content (AvgIpc) is 2.41. The first kappa shape index (κ1) is 20.0. The van der Waals surface area contributed by atoms with Gasteiger partial charge in [-0.1, -0.05) is 18.2 Å². The van der Waals surface area contributed by atoms with Crippen LogP contribution in [-0.4, -0.2) is 47.1 Å². The van der Waals surface area contributed by atoms with Gasteiger partial charge < -0.3 is 15.4 Å². The number of rotatable bonds is 6. The summed E-state index contributed by atoms with van der Waals surface area (Å²) in [6.45, 7) is 0.868. The van der Waals surface area contributed by atoms with Crippen molar-refractivity contribution in [2.75, 3.05) is 32.7 Å². The van der Waals surface area contributed by atoms with Crippen LogP contribution in [0.5, 0.6) is 5.75 Å². The third kappa shape index (κ3) is 8.10. The summed E-state index contributed by atoms with van der Waals surface area (Å²) < 4.78 is 27.4. The summed E-state index contributed by atoms with van der Waals surface area (Å²) >= 11 is 0. The summed E-state index contributed by atoms with van der Waals surface area (Å²) in [5.74, 6) is 1.42. The van der Waals surface area contributed by atoms with Crippen LogP contribution in [0.1, 0.15) is 5.56 Å². The van der Waals surface area contributed by atoms with Crippen molar-refractivity contribution in [3.8, 4) is 5.75 Å². The molecule has 0 fully saturated rings. The lowest BCUT2D eigenvalue weighted by Gasteiger charge is -2.13. The number of aliphatic imine (C=N–C) groups is 1. The zero-order valence-electron chi connectivity index (χ0n) is 12.4. The van der Waals surface area contributed by atoms with E-state index in [-0.39, 0.29) is 29.7 Å². The van der Waals surface area contributed by atoms with Gasteiger partial charge >= 0.3 is 0 Å². The van der Waals surface area contributed by atoms with Crippen molar-refractivity contribution in [1.82, 2.24) is 10.6 Å². The Hall–Kier alpha value is -1.03. The van der Waals surface area contributed by atoms with E-state index in [1.165, 1.54) is 6.26 Å². The van der Waals surface area contributed by atoms with Crippen LogP contribution >= 0.6 is 24.0 Å². The third-order valence-corrected chi connectivity index (χ3v) is 3.57. The van der Waals surface area contributed by atoms with Crippen molar-refractivity contribution in [2.45, 2.75) is 6.54 Å². The summed E-state index contributed by atoms with van der Waals surface area (Å²) in [5, 5.41) is 6.06. The van der Waals surface area contributed by atoms with Crippen molar-refractivity contribution in [3.63, 3.8) is 0 Å². The van der Waals surface area contributed by atoms with Gasteiger partial charge in [-0.15, -0.1) is 24.0 Å². The maximum Gasteiger partial charge on any atom is 0.191 e. The fraction of sp³-hybridized carbons (Fsp3) is 0.462. The van der Waals surface area contributed by atoms with E-state index in [2.05, 4.69) is 15.6 Å². The molecule has 0 unspecified atom stereocenters. The van der Waals surface area contributed by atoms with Crippen molar-refractivity contribution in [1.29, 1.82) is 0 Å². The molecule has 0 radical (unpaired) electrons. The molecule has 0 aliphatic carbocycles. The zero-order valence-corrected chi connectivity index (χ0v) is 15.6. The highest BCUT2D eigenvalue weighted by Crippen LogP contribution is 2.16. The molecule has 0 saturated heterocycles. The number of para-hydroxylation sites is 1. The highest BCUT2D eigenvalue weighted by Gasteiger charge is 2.05. The van der Waals surface area contributed by atoms with E-state index in [0.717, 1.165) is 11.3 Å². The molecular formula is C13H22IN3O3S. The van der Waals surface area contributed by atoms with Crippen LogP contribution in [0.3, 0.4) is 0 Å². The highest BCUT2D eigenvalue weighted by atomic mass is 127. The molecule has 0 aliphatic heterocycles. The molecule has 1 aromatic rings. The minimum Gasteiger partial charge on any atom is -0.496 e. The van der Waals surface area contributed by atoms with Gasteiger partial charge in [0, 0.05) is 32.0 Å². The molecule has 0 aliphatic rings. The van der Waals surface area contributed by atoms with Crippen molar-refractivity contribution in [2.24, 2.45) is 4.99 Å². The van der Waals surface area contributed by atoms with Crippen LogP contribution < -0.4 is 15.4 Å². The molecule has 0 spiro atoms. The Morgan fingerprint density at radius 3 is 2.52 bits per heavy atom. The number of ether oxygens (including phenoxy) is 1. The third-order valence-electron chi connectivity index (χ3n) is 2.63. The lowest BCUT2D eigenvalue weighted by atomic mass is 10.2. The average molecular weight is 427 g/mol. The Labute approximate surface area is 143 Å². The van der Waals surface area contributed by atoms with Gasteiger partial charge in [0.2, 0.25) is 0 Å². The summed E-state index contributed by atoms with van der Waals surface area (Å²) in [6.07, 6.45) is 1.21. The second-order valence-corrected chi connectivity index (χ2v) is 6.55. The molecule has 8 heteroatoms. The Bertz CT molecular complexity index is 562. The van der Waals surface area contributed by atoms with Crippen molar-refractivity contribution < 1.29 is 13.2 Å². The topological polar surface area (TPSA) is 79.8 Å². The standard InChI is InChI=1S/C13H21N3O3S.HI/c1-14-13(15-8-9-20(3,17)18)16-10-11-6-4-5-7-12(11)19-2;/h4-7H,8-10H2,1-3H3,(H2,14,15,16);1H. The summed E-state index contributed by atoms with van der Waals surface area (Å²) in [6, 6.07) is 7.67. The van der Waals surface area contributed by atoms with Gasteiger partial charge in [-0.2, -0.15) is 0 Å². The Morgan fingerprint density at radius 1 is 1.29 bits per heavy atom. The lowest BCUT2D eigenvalue weighted by molar-refractivity contribution is 0.409. The number of sulfone groups is 1. The van der Waals surface area contributed by atoms with E-state index in [1.807, 2.05) is 24.3 Å². The van der Waals surface area contributed by atoms with Gasteiger partial charge in [0.25, 0.3) is 0 Å². The number of hydrogen-bond acceptors (Lipinski definition) is 4. The number of hydrogen-bond donors (Lipinski definition) is 2. The smallest absolute Gasteiger partial charge is 0.191 e. The van der Waals surface area contributed by atoms with Gasteiger partial charge in [0.15, 0.2) is 5.96 Å². The quantitative estimate of drug-likeness (QED) is 0.403. The van der Waals surface area contributed by atoms with Gasteiger partial charge in [-0.25, -0.2) is 8.42 Å². The monoisotopic (exact) mass is 427 g/mol. The molecule has 0 heterocycles. The SMILES string of the molecule is CN=C(NCCS(C)(=O)=O)NCc1ccccc1OC.I. The van der Waals surface area contributed by atoms with Gasteiger partial charge in [-0.05, 0) is 6.07 Å². The molecule has 0 saturated carbocycles. The Kier molecular flexibility index (Phi) is 9.34. The maximum absolute atomic E-state index is 11.0. The number of benzene rings is 1. The normalized spacial score (nSPS) is 11.5. The van der Waals surface area contributed by atoms with E-state index in [0.29, 0.717) is 19.0 Å². The molecule has 1 aromatic carbocycles. The molecule has 21 heavy (non-hydrogen) atoms. The molecular weight excluding hydrogens is 405 g/mol. The van der Waals surface area contributed by atoms with Crippen LogP contribution in [0, 0.1) is 0 Å². The van der Waals surface area contributed by atoms with Crippen LogP contribution in [0.15, 0.2) is 29.3 Å². The number of nitrogens with one attached hydrogen (secondary N) is 2. The molecule has 120 valence electrons. The summed E-state index contributed by atoms with van der Waals surface area (Å²) in [5.41, 5.74) is 1.00. The number of halogens is 1. The molecule has 0 atom stereocenters. The van der Waals surface area contributed by atoms with E-state index >= 15 is 0 Å². The maximum atomic E-state index is 11.0. The largest absolute Gasteiger partial charge is 0.496 e. The second-order valence-electron chi connectivity index (χ2n) is 4.29. The summed E-state index contributed by atoms with van der Waals surface area (Å²) in [4.78, 5) is 4.04. The van der Waals surface area contributed by atoms with Crippen molar-refractivity contribution >= 4 is 39.8 Å². The van der Waals surface area contributed by atoms with Crippen LogP contribution in [0.2, 0.25) is 0 Å². The lowest BCUT2D eigenvalue weighted by Crippen LogP contribution is -2.39. The molecule has 2 N–H and O–H groups in total. The molecule has 6 nitrogen and oxygen atoms in total. The summed E-state index contributed by atoms with van der Waals surface area (Å²) in [7, 11) is 0.289. The van der Waals surface area contributed by atoms with Gasteiger partial charge in [0.05, 0.1) is 12.9 Å². The van der Waals surface area contributed by atoms with Gasteiger partial charge in [-0.3, -0.25) is 4.99 Å². The first-order chi connectivity index (χ1) is 9.46. The fourth-order valence-corrected chi connectivity index (χ4v) is 2.08. The van der Waals surface area contributed by atoms with E-state index < -0.39 is 9.84 Å². The fourth-order valence-electron chi connectivity index (χ4n) is 1.60. The minimum atomic E-state index is -2.97. The highest BCUT2D eigenvalue weighted by molar-refractivity contribution is 14.0. The van der Waals surface area contributed by atoms with Crippen LogP contribution in [0.4, 0.5) is 0 Å². The van der Waals surface area contributed by atoms with Gasteiger partial charge in [0.1, 0.15) is 15.6 Å². The minimum absolute atomic E-state index is 0. The van der Waals surface area contributed by atoms with E-state index in [9.17, 15) is 8.42 Å². The van der Waals surface area contributed by atoms with E-state index in [4.69, 9.17) is 4.74 Å². The number of methoxy groups -OCH3 is 1. The first-order valence-electron chi connectivity index (χ1n) is 6.20. The molecule has 0 aromatic heterocycles. The number of nitrogens with zero attached hydrogens (tertiary/aromatic N) is 1. The van der Waals surface area contributed by atoms with Crippen LogP contribution in [0.25, 0.3) is 0 Å². The van der Waals surface area contributed by atoms with Crippen LogP contribution in [-0.2, 0) is 16.4 Å². The zero-order chi connectivity index (χ0) is 15.0. The Balaban J connectivity index is 0.00000400. The molecule has 0 amide bonds. The molecule has 1 rings (SSSR count). The second kappa shape index (κ2) is 9.82. The van der Waals surface area contributed by atoms with Crippen molar-refractivity contribution in [3.05, 3.63) is 29.8 Å². The molecule has 0 bridgehead atoms. The number of guanidine groups is 1. The Morgan fingerprint density at radius 2 is 1.95 bits per heavy atom. The first-order valence-corrected chi connectivity index (χ1v) is 8.26.